The molecule has 0 bridgehead atoms. The van der Waals surface area contributed by atoms with Crippen LogP contribution in [0, 0.1) is 0 Å². The van der Waals surface area contributed by atoms with Gasteiger partial charge in [0.1, 0.15) is 0 Å². The molecule has 7 nitrogen and oxygen atoms in total. The van der Waals surface area contributed by atoms with Crippen molar-refractivity contribution in [2.75, 3.05) is 12.4 Å². The van der Waals surface area contributed by atoms with E-state index in [0.717, 1.165) is 37.7 Å². The molecule has 158 valence electrons. The Morgan fingerprint density at radius 3 is 2.63 bits per heavy atom. The number of amides is 2. The second-order valence-corrected chi connectivity index (χ2v) is 9.85. The van der Waals surface area contributed by atoms with Crippen LogP contribution in [0.1, 0.15) is 58.4 Å². The summed E-state index contributed by atoms with van der Waals surface area (Å²) in [6, 6.07) is 11.2. The highest BCUT2D eigenvalue weighted by Gasteiger charge is 2.29. The topological polar surface area (TPSA) is 95.6 Å². The van der Waals surface area contributed by atoms with Gasteiger partial charge in [0, 0.05) is 36.4 Å². The largest absolute Gasteiger partial charge is 0.348 e. The maximum Gasteiger partial charge on any atom is 0.255 e. The van der Waals surface area contributed by atoms with Gasteiger partial charge in [-0.3, -0.25) is 9.59 Å². The van der Waals surface area contributed by atoms with E-state index in [1.807, 2.05) is 0 Å². The van der Waals surface area contributed by atoms with E-state index in [-0.39, 0.29) is 22.4 Å². The molecule has 8 heteroatoms. The molecular weight excluding hydrogens is 402 g/mol. The molecule has 1 aliphatic carbocycles. The number of carbonyl (C=O) groups is 2. The van der Waals surface area contributed by atoms with Crippen molar-refractivity contribution < 1.29 is 18.0 Å². The van der Waals surface area contributed by atoms with E-state index in [1.54, 1.807) is 37.4 Å². The molecule has 1 fully saturated rings. The van der Waals surface area contributed by atoms with Gasteiger partial charge in [0.05, 0.1) is 4.90 Å². The van der Waals surface area contributed by atoms with Crippen LogP contribution >= 0.6 is 0 Å². The zero-order chi connectivity index (χ0) is 21.3. The molecule has 30 heavy (non-hydrogen) atoms. The summed E-state index contributed by atoms with van der Waals surface area (Å²) >= 11 is 0. The molecule has 0 spiro atoms. The minimum absolute atomic E-state index is 0.00112. The van der Waals surface area contributed by atoms with Crippen LogP contribution in [0.25, 0.3) is 0 Å². The van der Waals surface area contributed by atoms with E-state index in [1.165, 1.54) is 16.4 Å². The molecule has 2 N–H and O–H groups in total. The highest BCUT2D eigenvalue weighted by Crippen LogP contribution is 2.27. The number of hydrogen-bond acceptors (Lipinski definition) is 4. The van der Waals surface area contributed by atoms with Gasteiger partial charge in [0.2, 0.25) is 10.0 Å². The molecule has 4 rings (SSSR count). The summed E-state index contributed by atoms with van der Waals surface area (Å²) < 4.78 is 27.6. The standard InChI is InChI=1S/C22H25N3O4S/c1-25(18-7-3-2-4-8-18)30(28,29)19-9-5-6-15(12-19)21(26)24-17-11-10-16-14-23-22(27)20(16)13-17/h5-6,9-13,18H,2-4,7-8,14H2,1H3,(H,23,27)(H,24,26). The SMILES string of the molecule is CN(C1CCCCC1)S(=O)(=O)c1cccc(C(=O)Nc2ccc3c(c2)C(=O)NC3)c1. The number of fused-ring (bicyclic) bond motifs is 1. The van der Waals surface area contributed by atoms with Crippen molar-refractivity contribution in [1.29, 1.82) is 0 Å². The van der Waals surface area contributed by atoms with Gasteiger partial charge in [-0.25, -0.2) is 8.42 Å². The summed E-state index contributed by atoms with van der Waals surface area (Å²) in [7, 11) is -2.06. The molecule has 0 aromatic heterocycles. The highest BCUT2D eigenvalue weighted by molar-refractivity contribution is 7.89. The Labute approximate surface area is 176 Å². The van der Waals surface area contributed by atoms with E-state index in [2.05, 4.69) is 10.6 Å². The number of nitrogens with zero attached hydrogens (tertiary/aromatic N) is 1. The highest BCUT2D eigenvalue weighted by atomic mass is 32.2. The quantitative estimate of drug-likeness (QED) is 0.766. The fourth-order valence-corrected chi connectivity index (χ4v) is 5.56. The number of nitrogens with one attached hydrogen (secondary N) is 2. The Bertz CT molecular complexity index is 1090. The molecular formula is C22H25N3O4S. The van der Waals surface area contributed by atoms with Crippen LogP contribution in [0.15, 0.2) is 47.4 Å². The minimum atomic E-state index is -3.68. The molecule has 0 atom stereocenters. The number of benzene rings is 2. The lowest BCUT2D eigenvalue weighted by Gasteiger charge is -2.30. The number of carbonyl (C=O) groups excluding carboxylic acids is 2. The van der Waals surface area contributed by atoms with E-state index in [0.29, 0.717) is 17.8 Å². The third-order valence-electron chi connectivity index (χ3n) is 5.91. The minimum Gasteiger partial charge on any atom is -0.348 e. The molecule has 2 aromatic rings. The molecule has 0 saturated heterocycles. The Morgan fingerprint density at radius 1 is 1.10 bits per heavy atom. The van der Waals surface area contributed by atoms with Gasteiger partial charge < -0.3 is 10.6 Å². The first-order valence-corrected chi connectivity index (χ1v) is 11.6. The van der Waals surface area contributed by atoms with Crippen LogP contribution in [0.5, 0.6) is 0 Å². The predicted molar refractivity (Wildman–Crippen MR) is 114 cm³/mol. The Kier molecular flexibility index (Phi) is 5.62. The monoisotopic (exact) mass is 427 g/mol. The fraction of sp³-hybridized carbons (Fsp3) is 0.364. The molecule has 0 radical (unpaired) electrons. The van der Waals surface area contributed by atoms with Crippen molar-refractivity contribution in [3.63, 3.8) is 0 Å². The summed E-state index contributed by atoms with van der Waals surface area (Å²) in [6.45, 7) is 0.483. The summed E-state index contributed by atoms with van der Waals surface area (Å²) in [5.41, 5.74) is 2.16. The van der Waals surface area contributed by atoms with E-state index in [4.69, 9.17) is 0 Å². The first kappa shape index (κ1) is 20.6. The van der Waals surface area contributed by atoms with Crippen LogP contribution in [0.4, 0.5) is 5.69 Å². The van der Waals surface area contributed by atoms with Gasteiger partial charge in [-0.2, -0.15) is 4.31 Å². The molecule has 2 aromatic carbocycles. The first-order valence-electron chi connectivity index (χ1n) is 10.2. The zero-order valence-corrected chi connectivity index (χ0v) is 17.7. The van der Waals surface area contributed by atoms with Crippen LogP contribution < -0.4 is 10.6 Å². The smallest absolute Gasteiger partial charge is 0.255 e. The second kappa shape index (κ2) is 8.20. The first-order chi connectivity index (χ1) is 14.4. The Hall–Kier alpha value is -2.71. The van der Waals surface area contributed by atoms with Crippen LogP contribution in [0.3, 0.4) is 0 Å². The average Bonchev–Trinajstić information content (AvgIpc) is 3.14. The summed E-state index contributed by atoms with van der Waals surface area (Å²) in [6.07, 6.45) is 4.94. The average molecular weight is 428 g/mol. The lowest BCUT2D eigenvalue weighted by molar-refractivity contribution is 0.0964. The summed E-state index contributed by atoms with van der Waals surface area (Å²) in [5, 5.41) is 5.49. The number of anilines is 1. The number of rotatable bonds is 5. The number of hydrogen-bond donors (Lipinski definition) is 2. The molecule has 1 saturated carbocycles. The van der Waals surface area contributed by atoms with Gasteiger partial charge in [0.15, 0.2) is 0 Å². The van der Waals surface area contributed by atoms with Crippen molar-refractivity contribution in [2.24, 2.45) is 0 Å². The Balaban J connectivity index is 1.53. The maximum absolute atomic E-state index is 13.1. The molecule has 2 amide bonds. The van der Waals surface area contributed by atoms with E-state index in [9.17, 15) is 18.0 Å². The van der Waals surface area contributed by atoms with Gasteiger partial charge >= 0.3 is 0 Å². The molecule has 0 unspecified atom stereocenters. The molecule has 1 aliphatic heterocycles. The van der Waals surface area contributed by atoms with Gasteiger partial charge in [-0.1, -0.05) is 31.4 Å². The second-order valence-electron chi connectivity index (χ2n) is 7.85. The zero-order valence-electron chi connectivity index (χ0n) is 16.8. The maximum atomic E-state index is 13.1. The van der Waals surface area contributed by atoms with Crippen LogP contribution in [0.2, 0.25) is 0 Å². The van der Waals surface area contributed by atoms with E-state index < -0.39 is 15.9 Å². The molecule has 2 aliphatic rings. The number of sulfonamides is 1. The van der Waals surface area contributed by atoms with Crippen molar-refractivity contribution in [2.45, 2.75) is 49.6 Å². The lowest BCUT2D eigenvalue weighted by atomic mass is 9.96. The van der Waals surface area contributed by atoms with Gasteiger partial charge in [0.25, 0.3) is 11.8 Å². The third-order valence-corrected chi connectivity index (χ3v) is 7.82. The van der Waals surface area contributed by atoms with Crippen molar-refractivity contribution in [1.82, 2.24) is 9.62 Å². The Morgan fingerprint density at radius 2 is 1.87 bits per heavy atom. The summed E-state index contributed by atoms with van der Waals surface area (Å²) in [4.78, 5) is 24.7. The summed E-state index contributed by atoms with van der Waals surface area (Å²) in [5.74, 6) is -0.592. The molecule has 1 heterocycles. The van der Waals surface area contributed by atoms with Gasteiger partial charge in [-0.05, 0) is 48.7 Å². The van der Waals surface area contributed by atoms with E-state index >= 15 is 0 Å². The van der Waals surface area contributed by atoms with Crippen molar-refractivity contribution in [3.05, 3.63) is 59.2 Å². The van der Waals surface area contributed by atoms with Crippen molar-refractivity contribution >= 4 is 27.5 Å². The van der Waals surface area contributed by atoms with Crippen LogP contribution in [-0.2, 0) is 16.6 Å². The van der Waals surface area contributed by atoms with Crippen molar-refractivity contribution in [3.8, 4) is 0 Å². The fourth-order valence-electron chi connectivity index (χ4n) is 4.10. The van der Waals surface area contributed by atoms with Crippen LogP contribution in [-0.4, -0.2) is 37.6 Å². The lowest BCUT2D eigenvalue weighted by Crippen LogP contribution is -2.38. The third kappa shape index (κ3) is 3.97. The normalized spacial score (nSPS) is 16.9. The van der Waals surface area contributed by atoms with Gasteiger partial charge in [-0.15, -0.1) is 0 Å². The predicted octanol–water partition coefficient (Wildman–Crippen LogP) is 3.14.